The first-order valence-corrected chi connectivity index (χ1v) is 11.7. The van der Waals surface area contributed by atoms with Gasteiger partial charge in [-0.1, -0.05) is 13.8 Å². The number of nitrogens with two attached hydrogens (primary N) is 2. The number of likely N-dealkylation sites (tertiary alicyclic amines) is 1. The molecular weight excluding hydrogens is 478 g/mol. The molecule has 0 unspecified atom stereocenters. The molecule has 0 aromatic rings. The van der Waals surface area contributed by atoms with Gasteiger partial charge in [0, 0.05) is 26.5 Å². The third-order valence-electron chi connectivity index (χ3n) is 6.02. The minimum absolute atomic E-state index is 0.170. The Bertz CT molecular complexity index is 835. The van der Waals surface area contributed by atoms with Gasteiger partial charge in [-0.05, 0) is 25.2 Å². The Labute approximate surface area is 209 Å². The zero-order chi connectivity index (χ0) is 27.6. The predicted molar refractivity (Wildman–Crippen MR) is 125 cm³/mol. The van der Waals surface area contributed by atoms with Crippen LogP contribution in [0.2, 0.25) is 0 Å². The number of methoxy groups -OCH3 is 1. The molecule has 0 aromatic heterocycles. The van der Waals surface area contributed by atoms with E-state index in [2.05, 4.69) is 10.6 Å². The van der Waals surface area contributed by atoms with Crippen LogP contribution in [0.1, 0.15) is 52.4 Å². The van der Waals surface area contributed by atoms with E-state index in [1.807, 2.05) is 0 Å². The van der Waals surface area contributed by atoms with Crippen molar-refractivity contribution in [3.8, 4) is 0 Å². The predicted octanol–water partition coefficient (Wildman–Crippen LogP) is -1.84. The highest BCUT2D eigenvalue weighted by Gasteiger charge is 2.40. The van der Waals surface area contributed by atoms with Crippen LogP contribution in [0, 0.1) is 5.92 Å². The van der Waals surface area contributed by atoms with Gasteiger partial charge in [0.2, 0.25) is 23.6 Å². The second-order valence-corrected chi connectivity index (χ2v) is 9.11. The molecule has 0 bridgehead atoms. The van der Waals surface area contributed by atoms with E-state index in [9.17, 15) is 39.0 Å². The van der Waals surface area contributed by atoms with Gasteiger partial charge in [-0.2, -0.15) is 0 Å². The number of nitrogens with zero attached hydrogens (tertiary/aromatic N) is 1. The van der Waals surface area contributed by atoms with Crippen molar-refractivity contribution in [3.05, 3.63) is 0 Å². The summed E-state index contributed by atoms with van der Waals surface area (Å²) in [4.78, 5) is 73.8. The van der Waals surface area contributed by atoms with E-state index in [1.54, 1.807) is 13.8 Å². The molecule has 0 aromatic carbocycles. The van der Waals surface area contributed by atoms with Crippen molar-refractivity contribution in [1.29, 1.82) is 0 Å². The Morgan fingerprint density at radius 3 is 2.22 bits per heavy atom. The molecule has 5 atom stereocenters. The van der Waals surface area contributed by atoms with Crippen molar-refractivity contribution in [2.24, 2.45) is 17.4 Å². The maximum atomic E-state index is 13.4. The molecule has 1 heterocycles. The van der Waals surface area contributed by atoms with Crippen LogP contribution >= 0.6 is 0 Å². The lowest BCUT2D eigenvalue weighted by Gasteiger charge is -2.42. The van der Waals surface area contributed by atoms with Gasteiger partial charge in [-0.15, -0.1) is 0 Å². The van der Waals surface area contributed by atoms with Gasteiger partial charge in [0.25, 0.3) is 0 Å². The molecule has 0 saturated carbocycles. The summed E-state index contributed by atoms with van der Waals surface area (Å²) in [6, 6.07) is -4.61. The number of carbonyl (C=O) groups is 6. The average Bonchev–Trinajstić information content (AvgIpc) is 2.79. The van der Waals surface area contributed by atoms with Crippen LogP contribution in [0.25, 0.3) is 0 Å². The van der Waals surface area contributed by atoms with E-state index in [0.717, 1.165) is 0 Å². The van der Waals surface area contributed by atoms with E-state index < -0.39 is 72.3 Å². The number of carboxylic acid groups (broad SMARTS) is 2. The second-order valence-electron chi connectivity index (χ2n) is 9.11. The van der Waals surface area contributed by atoms with Gasteiger partial charge < -0.3 is 42.0 Å². The van der Waals surface area contributed by atoms with E-state index in [1.165, 1.54) is 12.0 Å². The number of nitrogens with one attached hydrogen (secondary N) is 2. The summed E-state index contributed by atoms with van der Waals surface area (Å²) in [6.07, 6.45) is -1.10. The summed E-state index contributed by atoms with van der Waals surface area (Å²) < 4.78 is 5.45. The highest BCUT2D eigenvalue weighted by atomic mass is 16.5. The van der Waals surface area contributed by atoms with Crippen LogP contribution in [0.15, 0.2) is 0 Å². The zero-order valence-corrected chi connectivity index (χ0v) is 20.8. The minimum Gasteiger partial charge on any atom is -0.481 e. The Kier molecular flexibility index (Phi) is 12.3. The van der Waals surface area contributed by atoms with E-state index >= 15 is 0 Å². The Hall–Kier alpha value is -3.26. The van der Waals surface area contributed by atoms with Crippen LogP contribution in [0.5, 0.6) is 0 Å². The van der Waals surface area contributed by atoms with Gasteiger partial charge in [0.15, 0.2) is 0 Å². The van der Waals surface area contributed by atoms with Crippen LogP contribution in [-0.4, -0.2) is 94.6 Å². The Balaban J connectivity index is 3.10. The molecule has 14 heteroatoms. The van der Waals surface area contributed by atoms with E-state index in [-0.39, 0.29) is 31.7 Å². The highest BCUT2D eigenvalue weighted by molar-refractivity contribution is 5.93. The first kappa shape index (κ1) is 30.8. The summed E-state index contributed by atoms with van der Waals surface area (Å²) in [5.74, 6) is -5.76. The minimum atomic E-state index is -1.43. The first-order valence-electron chi connectivity index (χ1n) is 11.7. The number of piperidine rings is 1. The number of aliphatic carboxylic acids is 2. The quantitative estimate of drug-likeness (QED) is 0.151. The van der Waals surface area contributed by atoms with Crippen LogP contribution in [0.4, 0.5) is 0 Å². The number of carbonyl (C=O) groups excluding carboxylic acids is 4. The molecular formula is C22H37N5O9. The molecule has 1 saturated heterocycles. The maximum absolute atomic E-state index is 13.4. The molecule has 1 rings (SSSR count). The van der Waals surface area contributed by atoms with Gasteiger partial charge in [0.1, 0.15) is 12.1 Å². The molecule has 1 fully saturated rings. The highest BCUT2D eigenvalue weighted by Crippen LogP contribution is 2.24. The summed E-state index contributed by atoms with van der Waals surface area (Å²) >= 11 is 0. The SMILES string of the molecule is CO[C@H]1CCCN(C(=O)[C@H](CC(=O)O)NC(=O)[C@@H](N)C(C)C)[C@H]1CC(=O)N[C@@H](CCC(N)=O)C(=O)O. The number of rotatable bonds is 14. The van der Waals surface area contributed by atoms with Gasteiger partial charge in [-0.3, -0.25) is 24.0 Å². The second kappa shape index (κ2) is 14.3. The number of hydrogen-bond donors (Lipinski definition) is 6. The lowest BCUT2D eigenvalue weighted by Crippen LogP contribution is -2.60. The molecule has 0 radical (unpaired) electrons. The van der Waals surface area contributed by atoms with E-state index in [0.29, 0.717) is 12.8 Å². The largest absolute Gasteiger partial charge is 0.481 e. The Morgan fingerprint density at radius 1 is 1.08 bits per heavy atom. The number of primary amides is 1. The number of hydrogen-bond acceptors (Lipinski definition) is 8. The molecule has 4 amide bonds. The van der Waals surface area contributed by atoms with Crippen molar-refractivity contribution in [2.75, 3.05) is 13.7 Å². The van der Waals surface area contributed by atoms with E-state index in [4.69, 9.17) is 16.2 Å². The van der Waals surface area contributed by atoms with Crippen LogP contribution in [-0.2, 0) is 33.5 Å². The van der Waals surface area contributed by atoms with Crippen LogP contribution in [0.3, 0.4) is 0 Å². The molecule has 8 N–H and O–H groups in total. The zero-order valence-electron chi connectivity index (χ0n) is 20.8. The topological polar surface area (TPSA) is 231 Å². The first-order chi connectivity index (χ1) is 16.8. The molecule has 1 aliphatic rings. The van der Waals surface area contributed by atoms with Crippen molar-refractivity contribution in [2.45, 2.75) is 82.6 Å². The van der Waals surface area contributed by atoms with Gasteiger partial charge in [-0.25, -0.2) is 4.79 Å². The third-order valence-corrected chi connectivity index (χ3v) is 6.02. The van der Waals surface area contributed by atoms with Gasteiger partial charge in [0.05, 0.1) is 24.6 Å². The molecule has 204 valence electrons. The molecule has 14 nitrogen and oxygen atoms in total. The standard InChI is InChI=1S/C22H37N5O9/c1-11(2)19(24)20(32)26-13(9-18(30)31)21(33)27-8-4-5-15(36-3)14(27)10-17(29)25-12(22(34)35)6-7-16(23)28/h11-15,19H,4-10,24H2,1-3H3,(H2,23,28)(H,25,29)(H,26,32)(H,30,31)(H,34,35)/t12-,13-,14-,15-,19-/m0/s1. The fraction of sp³-hybridized carbons (Fsp3) is 0.727. The number of ether oxygens (including phenoxy) is 1. The fourth-order valence-corrected chi connectivity index (χ4v) is 3.94. The number of amides is 4. The summed E-state index contributed by atoms with van der Waals surface area (Å²) in [5.41, 5.74) is 10.9. The fourth-order valence-electron chi connectivity index (χ4n) is 3.94. The summed E-state index contributed by atoms with van der Waals surface area (Å²) in [5, 5.41) is 23.4. The summed E-state index contributed by atoms with van der Waals surface area (Å²) in [7, 11) is 1.40. The molecule has 0 aliphatic carbocycles. The van der Waals surface area contributed by atoms with Crippen molar-refractivity contribution in [3.63, 3.8) is 0 Å². The molecule has 1 aliphatic heterocycles. The Morgan fingerprint density at radius 2 is 1.72 bits per heavy atom. The smallest absolute Gasteiger partial charge is 0.326 e. The lowest BCUT2D eigenvalue weighted by atomic mass is 9.94. The number of carboxylic acids is 2. The molecule has 0 spiro atoms. The normalized spacial score (nSPS) is 20.2. The van der Waals surface area contributed by atoms with Crippen LogP contribution < -0.4 is 22.1 Å². The third kappa shape index (κ3) is 9.41. The van der Waals surface area contributed by atoms with Crippen molar-refractivity contribution < 1.29 is 43.7 Å². The van der Waals surface area contributed by atoms with Crippen molar-refractivity contribution >= 4 is 35.6 Å². The average molecular weight is 516 g/mol. The van der Waals surface area contributed by atoms with Gasteiger partial charge >= 0.3 is 11.9 Å². The van der Waals surface area contributed by atoms with Crippen molar-refractivity contribution in [1.82, 2.24) is 15.5 Å². The summed E-state index contributed by atoms with van der Waals surface area (Å²) in [6.45, 7) is 3.58. The maximum Gasteiger partial charge on any atom is 0.326 e. The monoisotopic (exact) mass is 515 g/mol. The molecule has 36 heavy (non-hydrogen) atoms. The lowest BCUT2D eigenvalue weighted by molar-refractivity contribution is -0.150.